The zero-order valence-corrected chi connectivity index (χ0v) is 11.0. The highest BCUT2D eigenvalue weighted by atomic mass is 35.5. The summed E-state index contributed by atoms with van der Waals surface area (Å²) in [4.78, 5) is 18.4. The van der Waals surface area contributed by atoms with Crippen molar-refractivity contribution >= 4 is 17.3 Å². The van der Waals surface area contributed by atoms with E-state index in [0.29, 0.717) is 11.4 Å². The Morgan fingerprint density at radius 3 is 2.74 bits per heavy atom. The van der Waals surface area contributed by atoms with Crippen molar-refractivity contribution < 1.29 is 9.66 Å². The van der Waals surface area contributed by atoms with Crippen LogP contribution in [0.3, 0.4) is 0 Å². The van der Waals surface area contributed by atoms with E-state index in [1.165, 1.54) is 12.3 Å². The molecule has 0 N–H and O–H groups in total. The number of hydrogen-bond acceptors (Lipinski definition) is 5. The van der Waals surface area contributed by atoms with Crippen molar-refractivity contribution in [2.45, 2.75) is 13.8 Å². The summed E-state index contributed by atoms with van der Waals surface area (Å²) in [6.07, 6.45) is 1.29. The predicted molar refractivity (Wildman–Crippen MR) is 69.7 cm³/mol. The average molecular weight is 280 g/mol. The molecule has 0 spiro atoms. The van der Waals surface area contributed by atoms with Crippen LogP contribution in [0.25, 0.3) is 0 Å². The third-order valence-corrected chi connectivity index (χ3v) is 2.59. The average Bonchev–Trinajstić information content (AvgIpc) is 2.34. The van der Waals surface area contributed by atoms with Gasteiger partial charge in [-0.1, -0.05) is 11.6 Å². The van der Waals surface area contributed by atoms with Gasteiger partial charge in [0.1, 0.15) is 0 Å². The molecule has 0 aliphatic heterocycles. The number of nitro groups is 1. The van der Waals surface area contributed by atoms with Crippen molar-refractivity contribution in [1.82, 2.24) is 9.97 Å². The minimum absolute atomic E-state index is 0.108. The third kappa shape index (κ3) is 2.97. The van der Waals surface area contributed by atoms with E-state index in [1.54, 1.807) is 19.1 Å². The maximum absolute atomic E-state index is 10.9. The lowest BCUT2D eigenvalue weighted by atomic mass is 10.3. The minimum Gasteiger partial charge on any atom is -0.432 e. The molecule has 2 aromatic rings. The lowest BCUT2D eigenvalue weighted by molar-refractivity contribution is -0.386. The van der Waals surface area contributed by atoms with Crippen LogP contribution >= 0.6 is 11.6 Å². The maximum atomic E-state index is 10.9. The zero-order chi connectivity index (χ0) is 14.0. The molecule has 0 aliphatic rings. The smallest absolute Gasteiger partial charge is 0.332 e. The Kier molecular flexibility index (Phi) is 3.62. The lowest BCUT2D eigenvalue weighted by Crippen LogP contribution is -1.98. The molecule has 0 aliphatic carbocycles. The highest BCUT2D eigenvalue weighted by Gasteiger charge is 2.19. The van der Waals surface area contributed by atoms with Gasteiger partial charge in [-0.25, -0.2) is 4.98 Å². The van der Waals surface area contributed by atoms with E-state index >= 15 is 0 Å². The number of ether oxygens (including phenoxy) is 1. The molecule has 6 nitrogen and oxygen atoms in total. The van der Waals surface area contributed by atoms with Gasteiger partial charge in [-0.3, -0.25) is 15.1 Å². The summed E-state index contributed by atoms with van der Waals surface area (Å²) in [5, 5.41) is 11.1. The van der Waals surface area contributed by atoms with E-state index in [9.17, 15) is 10.1 Å². The lowest BCUT2D eigenvalue weighted by Gasteiger charge is -2.08. The predicted octanol–water partition coefficient (Wildman–Crippen LogP) is 3.45. The molecule has 0 unspecified atom stereocenters. The second kappa shape index (κ2) is 5.19. The maximum Gasteiger partial charge on any atom is 0.332 e. The fourth-order valence-corrected chi connectivity index (χ4v) is 1.66. The summed E-state index contributed by atoms with van der Waals surface area (Å²) in [5.41, 5.74) is 1.18. The first kappa shape index (κ1) is 13.2. The molecule has 98 valence electrons. The first-order valence-electron chi connectivity index (χ1n) is 5.39. The molecule has 2 aromatic heterocycles. The van der Waals surface area contributed by atoms with Crippen LogP contribution in [-0.2, 0) is 0 Å². The fourth-order valence-electron chi connectivity index (χ4n) is 1.51. The second-order valence-electron chi connectivity index (χ2n) is 3.87. The van der Waals surface area contributed by atoms with E-state index < -0.39 is 4.92 Å². The molecule has 0 aromatic carbocycles. The van der Waals surface area contributed by atoms with Gasteiger partial charge in [0.25, 0.3) is 5.88 Å². The Balaban J connectivity index is 2.40. The van der Waals surface area contributed by atoms with Crippen LogP contribution in [0, 0.1) is 24.0 Å². The molecule has 0 amide bonds. The highest BCUT2D eigenvalue weighted by molar-refractivity contribution is 6.30. The van der Waals surface area contributed by atoms with Crippen molar-refractivity contribution in [3.8, 4) is 11.6 Å². The number of rotatable bonds is 3. The fraction of sp³-hybridized carbons (Fsp3) is 0.167. The van der Waals surface area contributed by atoms with Crippen LogP contribution in [0.1, 0.15) is 11.4 Å². The number of halogens is 1. The summed E-state index contributed by atoms with van der Waals surface area (Å²) < 4.78 is 5.44. The van der Waals surface area contributed by atoms with E-state index in [4.69, 9.17) is 16.3 Å². The Labute approximate surface area is 114 Å². The summed E-state index contributed by atoms with van der Waals surface area (Å²) in [7, 11) is 0. The Morgan fingerprint density at radius 1 is 1.37 bits per heavy atom. The van der Waals surface area contributed by atoms with Gasteiger partial charge < -0.3 is 4.74 Å². The van der Waals surface area contributed by atoms with Crippen LogP contribution in [0.15, 0.2) is 24.4 Å². The largest absolute Gasteiger partial charge is 0.432 e. The minimum atomic E-state index is -0.592. The second-order valence-corrected chi connectivity index (χ2v) is 4.31. The van der Waals surface area contributed by atoms with E-state index in [0.717, 1.165) is 5.69 Å². The van der Waals surface area contributed by atoms with Gasteiger partial charge in [0.05, 0.1) is 21.8 Å². The number of nitrogens with zero attached hydrogens (tertiary/aromatic N) is 3. The number of aromatic nitrogens is 2. The summed E-state index contributed by atoms with van der Waals surface area (Å²) in [5.74, 6) is 0.312. The van der Waals surface area contributed by atoms with Gasteiger partial charge in [0.15, 0.2) is 5.75 Å². The first-order chi connectivity index (χ1) is 8.97. The van der Waals surface area contributed by atoms with E-state index in [2.05, 4.69) is 9.97 Å². The molecule has 19 heavy (non-hydrogen) atoms. The molecule has 0 bridgehead atoms. The van der Waals surface area contributed by atoms with E-state index in [1.807, 2.05) is 6.92 Å². The molecule has 2 heterocycles. The van der Waals surface area contributed by atoms with Crippen molar-refractivity contribution in [3.05, 3.63) is 50.9 Å². The molecule has 0 radical (unpaired) electrons. The topological polar surface area (TPSA) is 78.2 Å². The third-order valence-electron chi connectivity index (χ3n) is 2.38. The van der Waals surface area contributed by atoms with Crippen LogP contribution in [-0.4, -0.2) is 14.9 Å². The molecule has 0 saturated carbocycles. The molecule has 0 atom stereocenters. The van der Waals surface area contributed by atoms with Gasteiger partial charge in [0.2, 0.25) is 0 Å². The first-order valence-corrected chi connectivity index (χ1v) is 5.77. The molecule has 0 saturated heterocycles. The van der Waals surface area contributed by atoms with Crippen molar-refractivity contribution in [3.63, 3.8) is 0 Å². The van der Waals surface area contributed by atoms with Gasteiger partial charge in [-0.2, -0.15) is 0 Å². The highest BCUT2D eigenvalue weighted by Crippen LogP contribution is 2.31. The van der Waals surface area contributed by atoms with Crippen molar-refractivity contribution in [2.75, 3.05) is 0 Å². The van der Waals surface area contributed by atoms with Crippen LogP contribution in [0.2, 0.25) is 5.02 Å². The van der Waals surface area contributed by atoms with Crippen LogP contribution < -0.4 is 4.74 Å². The number of hydrogen-bond donors (Lipinski definition) is 0. The summed E-state index contributed by atoms with van der Waals surface area (Å²) in [6.45, 7) is 3.60. The molecule has 2 rings (SSSR count). The monoisotopic (exact) mass is 279 g/mol. The Hall–Kier alpha value is -2.21. The van der Waals surface area contributed by atoms with Gasteiger partial charge in [0, 0.05) is 11.8 Å². The van der Waals surface area contributed by atoms with E-state index in [-0.39, 0.29) is 16.6 Å². The van der Waals surface area contributed by atoms with Gasteiger partial charge in [-0.05, 0) is 26.0 Å². The molecule has 7 heteroatoms. The van der Waals surface area contributed by atoms with Gasteiger partial charge in [-0.15, -0.1) is 0 Å². The van der Waals surface area contributed by atoms with Crippen LogP contribution in [0.4, 0.5) is 5.69 Å². The normalized spacial score (nSPS) is 10.3. The SMILES string of the molecule is Cc1ccc(Oc2ncc(Cl)cc2[N+](=O)[O-])c(C)n1. The summed E-state index contributed by atoms with van der Waals surface area (Å²) in [6, 6.07) is 4.64. The number of pyridine rings is 2. The molecular weight excluding hydrogens is 270 g/mol. The molecular formula is C12H10ClN3O3. The quantitative estimate of drug-likeness (QED) is 0.635. The summed E-state index contributed by atoms with van der Waals surface area (Å²) >= 11 is 5.68. The standard InChI is InChI=1S/C12H10ClN3O3/c1-7-3-4-11(8(2)15-7)19-12-10(16(17)18)5-9(13)6-14-12/h3-6H,1-2H3. The van der Waals surface area contributed by atoms with Crippen molar-refractivity contribution in [2.24, 2.45) is 0 Å². The number of aryl methyl sites for hydroxylation is 2. The Bertz CT molecular complexity index is 646. The van der Waals surface area contributed by atoms with Crippen molar-refractivity contribution in [1.29, 1.82) is 0 Å². The zero-order valence-electron chi connectivity index (χ0n) is 10.3. The molecule has 0 fully saturated rings. The Morgan fingerprint density at radius 2 is 2.11 bits per heavy atom. The van der Waals surface area contributed by atoms with Gasteiger partial charge >= 0.3 is 5.69 Å². The van der Waals surface area contributed by atoms with Crippen LogP contribution in [0.5, 0.6) is 11.6 Å².